The maximum Gasteiger partial charge on any atom is 0.257 e. The van der Waals surface area contributed by atoms with Crippen LogP contribution in [0.5, 0.6) is 0 Å². The lowest BCUT2D eigenvalue weighted by atomic mass is 9.92. The number of ether oxygens (including phenoxy) is 1. The first-order chi connectivity index (χ1) is 13.0. The van der Waals surface area contributed by atoms with Crippen molar-refractivity contribution in [1.82, 2.24) is 4.98 Å². The van der Waals surface area contributed by atoms with Crippen molar-refractivity contribution in [3.63, 3.8) is 0 Å². The summed E-state index contributed by atoms with van der Waals surface area (Å²) in [6, 6.07) is 7.56. The molecule has 1 aliphatic rings. The number of benzene rings is 1. The molecule has 142 valence electrons. The Morgan fingerprint density at radius 2 is 1.96 bits per heavy atom. The third kappa shape index (κ3) is 5.03. The fourth-order valence-electron chi connectivity index (χ4n) is 2.93. The lowest BCUT2D eigenvalue weighted by Crippen LogP contribution is -2.44. The summed E-state index contributed by atoms with van der Waals surface area (Å²) in [4.78, 5) is 28.7. The molecule has 1 unspecified atom stereocenters. The molecular weight excluding hydrogens is 368 g/mol. The van der Waals surface area contributed by atoms with Crippen LogP contribution in [0.2, 0.25) is 5.02 Å². The average molecular weight is 389 g/mol. The summed E-state index contributed by atoms with van der Waals surface area (Å²) in [5.74, 6) is -0.533. The standard InChI is InChI=1S/C19H21ClN4O3/c20-16-10-13(23-19(26)17(21)12-5-8-27-9-6-12)3-4-15(16)18(25)24-14-2-1-7-22-11-14/h1-4,7,10-12,17H,5-6,8-9,21H2,(H,23,26)(H,24,25). The Morgan fingerprint density at radius 3 is 2.63 bits per heavy atom. The number of aromatic nitrogens is 1. The van der Waals surface area contributed by atoms with Crippen LogP contribution in [0.3, 0.4) is 0 Å². The van der Waals surface area contributed by atoms with Crippen molar-refractivity contribution in [3.8, 4) is 0 Å². The van der Waals surface area contributed by atoms with E-state index in [1.807, 2.05) is 0 Å². The molecule has 3 rings (SSSR count). The van der Waals surface area contributed by atoms with E-state index >= 15 is 0 Å². The Morgan fingerprint density at radius 1 is 1.19 bits per heavy atom. The van der Waals surface area contributed by atoms with E-state index in [2.05, 4.69) is 15.6 Å². The van der Waals surface area contributed by atoms with Crippen molar-refractivity contribution < 1.29 is 14.3 Å². The molecule has 8 heteroatoms. The van der Waals surface area contributed by atoms with Crippen LogP contribution in [0.4, 0.5) is 11.4 Å². The van der Waals surface area contributed by atoms with Crippen molar-refractivity contribution in [2.75, 3.05) is 23.8 Å². The van der Waals surface area contributed by atoms with E-state index in [1.165, 1.54) is 12.3 Å². The van der Waals surface area contributed by atoms with Gasteiger partial charge in [-0.1, -0.05) is 11.6 Å². The Labute approximate surface area is 162 Å². The van der Waals surface area contributed by atoms with Gasteiger partial charge in [-0.2, -0.15) is 0 Å². The largest absolute Gasteiger partial charge is 0.381 e. The number of anilines is 2. The van der Waals surface area contributed by atoms with Crippen LogP contribution in [0.1, 0.15) is 23.2 Å². The summed E-state index contributed by atoms with van der Waals surface area (Å²) in [6.45, 7) is 1.25. The predicted molar refractivity (Wildman–Crippen MR) is 104 cm³/mol. The van der Waals surface area contributed by atoms with Gasteiger partial charge < -0.3 is 21.1 Å². The van der Waals surface area contributed by atoms with Crippen molar-refractivity contribution >= 4 is 34.8 Å². The molecule has 0 spiro atoms. The number of carbonyl (C=O) groups is 2. The zero-order chi connectivity index (χ0) is 19.2. The molecule has 0 saturated carbocycles. The minimum Gasteiger partial charge on any atom is -0.381 e. The van der Waals surface area contributed by atoms with E-state index in [1.54, 1.807) is 30.5 Å². The number of nitrogens with two attached hydrogens (primary N) is 1. The van der Waals surface area contributed by atoms with Crippen LogP contribution in [0.15, 0.2) is 42.7 Å². The average Bonchev–Trinajstić information content (AvgIpc) is 2.68. The Kier molecular flexibility index (Phi) is 6.39. The second-order valence-electron chi connectivity index (χ2n) is 6.36. The number of pyridine rings is 1. The minimum atomic E-state index is -0.610. The number of halogens is 1. The van der Waals surface area contributed by atoms with E-state index in [9.17, 15) is 9.59 Å². The van der Waals surface area contributed by atoms with Crippen LogP contribution < -0.4 is 16.4 Å². The molecule has 0 bridgehead atoms. The monoisotopic (exact) mass is 388 g/mol. The first-order valence-electron chi connectivity index (χ1n) is 8.69. The van der Waals surface area contributed by atoms with Gasteiger partial charge in [-0.15, -0.1) is 0 Å². The van der Waals surface area contributed by atoms with Gasteiger partial charge in [0, 0.05) is 25.1 Å². The fraction of sp³-hybridized carbons (Fsp3) is 0.316. The third-order valence-corrected chi connectivity index (χ3v) is 4.79. The predicted octanol–water partition coefficient (Wildman–Crippen LogP) is 2.68. The molecule has 1 aliphatic heterocycles. The summed E-state index contributed by atoms with van der Waals surface area (Å²) < 4.78 is 5.30. The minimum absolute atomic E-state index is 0.0961. The molecule has 2 amide bonds. The van der Waals surface area contributed by atoms with Gasteiger partial charge in [0.2, 0.25) is 5.91 Å². The number of hydrogen-bond donors (Lipinski definition) is 3. The first-order valence-corrected chi connectivity index (χ1v) is 9.07. The summed E-state index contributed by atoms with van der Waals surface area (Å²) in [5.41, 5.74) is 7.43. The summed E-state index contributed by atoms with van der Waals surface area (Å²) in [5, 5.41) is 5.71. The van der Waals surface area contributed by atoms with Crippen molar-refractivity contribution in [3.05, 3.63) is 53.3 Å². The Bertz CT molecular complexity index is 810. The first kappa shape index (κ1) is 19.3. The maximum absolute atomic E-state index is 12.4. The van der Waals surface area contributed by atoms with Crippen LogP contribution in [0.25, 0.3) is 0 Å². The lowest BCUT2D eigenvalue weighted by Gasteiger charge is -2.26. The van der Waals surface area contributed by atoms with E-state index in [0.717, 1.165) is 12.8 Å². The van der Waals surface area contributed by atoms with E-state index in [-0.39, 0.29) is 22.8 Å². The van der Waals surface area contributed by atoms with Crippen molar-refractivity contribution in [1.29, 1.82) is 0 Å². The molecule has 2 heterocycles. The molecular formula is C19H21ClN4O3. The van der Waals surface area contributed by atoms with Gasteiger partial charge in [0.15, 0.2) is 0 Å². The van der Waals surface area contributed by atoms with Crippen LogP contribution in [-0.4, -0.2) is 36.1 Å². The van der Waals surface area contributed by atoms with Crippen molar-refractivity contribution in [2.45, 2.75) is 18.9 Å². The van der Waals surface area contributed by atoms with Gasteiger partial charge in [0.1, 0.15) is 0 Å². The SMILES string of the molecule is NC(C(=O)Nc1ccc(C(=O)Nc2cccnc2)c(Cl)c1)C1CCOCC1. The number of nitrogens with one attached hydrogen (secondary N) is 2. The second kappa shape index (κ2) is 8.94. The zero-order valence-corrected chi connectivity index (χ0v) is 15.4. The van der Waals surface area contributed by atoms with Crippen molar-refractivity contribution in [2.24, 2.45) is 11.7 Å². The number of amides is 2. The molecule has 1 aromatic carbocycles. The quantitative estimate of drug-likeness (QED) is 0.730. The Hall–Kier alpha value is -2.48. The topological polar surface area (TPSA) is 106 Å². The highest BCUT2D eigenvalue weighted by Gasteiger charge is 2.26. The highest BCUT2D eigenvalue weighted by atomic mass is 35.5. The van der Waals surface area contributed by atoms with Gasteiger partial charge in [-0.25, -0.2) is 0 Å². The van der Waals surface area contributed by atoms with Gasteiger partial charge in [-0.3, -0.25) is 14.6 Å². The van der Waals surface area contributed by atoms with E-state index in [0.29, 0.717) is 30.2 Å². The molecule has 1 aromatic heterocycles. The van der Waals surface area contributed by atoms with E-state index < -0.39 is 6.04 Å². The van der Waals surface area contributed by atoms with Gasteiger partial charge in [0.05, 0.1) is 28.5 Å². The smallest absolute Gasteiger partial charge is 0.257 e. The van der Waals surface area contributed by atoms with Crippen LogP contribution in [-0.2, 0) is 9.53 Å². The normalized spacial score (nSPS) is 15.8. The number of nitrogens with zero attached hydrogens (tertiary/aromatic N) is 1. The van der Waals surface area contributed by atoms with Gasteiger partial charge in [0.25, 0.3) is 5.91 Å². The number of hydrogen-bond acceptors (Lipinski definition) is 5. The number of rotatable bonds is 5. The summed E-state index contributed by atoms with van der Waals surface area (Å²) in [7, 11) is 0. The summed E-state index contributed by atoms with van der Waals surface area (Å²) >= 11 is 6.23. The third-order valence-electron chi connectivity index (χ3n) is 4.48. The molecule has 2 aromatic rings. The molecule has 4 N–H and O–H groups in total. The van der Waals surface area contributed by atoms with Gasteiger partial charge >= 0.3 is 0 Å². The number of carbonyl (C=O) groups excluding carboxylic acids is 2. The molecule has 0 aliphatic carbocycles. The van der Waals surface area contributed by atoms with Crippen LogP contribution >= 0.6 is 11.6 Å². The molecule has 1 fully saturated rings. The molecule has 1 saturated heterocycles. The highest BCUT2D eigenvalue weighted by molar-refractivity contribution is 6.34. The molecule has 0 radical (unpaired) electrons. The van der Waals surface area contributed by atoms with E-state index in [4.69, 9.17) is 22.1 Å². The molecule has 27 heavy (non-hydrogen) atoms. The fourth-order valence-corrected chi connectivity index (χ4v) is 3.19. The zero-order valence-electron chi connectivity index (χ0n) is 14.7. The molecule has 7 nitrogen and oxygen atoms in total. The van der Waals surface area contributed by atoms with Crippen LogP contribution in [0, 0.1) is 5.92 Å². The lowest BCUT2D eigenvalue weighted by molar-refractivity contribution is -0.119. The maximum atomic E-state index is 12.4. The second-order valence-corrected chi connectivity index (χ2v) is 6.76. The Balaban J connectivity index is 1.63. The highest BCUT2D eigenvalue weighted by Crippen LogP contribution is 2.23. The summed E-state index contributed by atoms with van der Waals surface area (Å²) in [6.07, 6.45) is 4.69. The van der Waals surface area contributed by atoms with Gasteiger partial charge in [-0.05, 0) is 49.1 Å². The molecule has 1 atom stereocenters.